The van der Waals surface area contributed by atoms with Crippen molar-refractivity contribution in [3.8, 4) is 0 Å². The Balaban J connectivity index is 3.06. The van der Waals surface area contributed by atoms with Crippen LogP contribution in [0.3, 0.4) is 0 Å². The molecule has 3 N–H and O–H groups in total. The van der Waals surface area contributed by atoms with Crippen molar-refractivity contribution < 1.29 is 26.7 Å². The highest BCUT2D eigenvalue weighted by molar-refractivity contribution is 7.89. The molecule has 1 rings (SSSR count). The number of nitrogens with two attached hydrogens (primary N) is 1. The lowest BCUT2D eigenvalue weighted by Gasteiger charge is -2.14. The van der Waals surface area contributed by atoms with Gasteiger partial charge in [-0.15, -0.1) is 0 Å². The van der Waals surface area contributed by atoms with Crippen LogP contribution < -0.4 is 10.5 Å². The summed E-state index contributed by atoms with van der Waals surface area (Å²) < 4.78 is 54.2. The molecule has 0 saturated heterocycles. The van der Waals surface area contributed by atoms with Crippen LogP contribution in [-0.2, 0) is 14.8 Å². The van der Waals surface area contributed by atoms with E-state index in [0.717, 1.165) is 0 Å². The number of methoxy groups -OCH3 is 1. The van der Waals surface area contributed by atoms with E-state index < -0.39 is 38.0 Å². The van der Waals surface area contributed by atoms with Gasteiger partial charge >= 0.3 is 0 Å². The van der Waals surface area contributed by atoms with Crippen molar-refractivity contribution in [3.05, 3.63) is 29.3 Å². The van der Waals surface area contributed by atoms with E-state index in [1.807, 2.05) is 0 Å². The van der Waals surface area contributed by atoms with Gasteiger partial charge in [-0.1, -0.05) is 0 Å². The van der Waals surface area contributed by atoms with Gasteiger partial charge in [0.05, 0.1) is 10.5 Å². The number of primary sulfonamides is 1. The van der Waals surface area contributed by atoms with Crippen molar-refractivity contribution >= 4 is 15.9 Å². The lowest BCUT2D eigenvalue weighted by Crippen LogP contribution is -2.34. The minimum absolute atomic E-state index is 0.363. The molecule has 0 aliphatic rings. The highest BCUT2D eigenvalue weighted by Gasteiger charge is 2.22. The monoisotopic (exact) mass is 322 g/mol. The van der Waals surface area contributed by atoms with Crippen LogP contribution in [0.2, 0.25) is 0 Å². The summed E-state index contributed by atoms with van der Waals surface area (Å²) in [6, 6.07) is 0.764. The normalized spacial score (nSPS) is 13.0. The van der Waals surface area contributed by atoms with Crippen LogP contribution in [0.25, 0.3) is 0 Å². The van der Waals surface area contributed by atoms with Crippen LogP contribution in [-0.4, -0.2) is 34.1 Å². The average Bonchev–Trinajstić information content (AvgIpc) is 2.37. The molecular weight excluding hydrogens is 306 g/mol. The molecule has 1 unspecified atom stereocenters. The van der Waals surface area contributed by atoms with Gasteiger partial charge in [-0.25, -0.2) is 22.3 Å². The third-order valence-electron chi connectivity index (χ3n) is 2.71. The second kappa shape index (κ2) is 6.92. The van der Waals surface area contributed by atoms with Crippen molar-refractivity contribution in [3.63, 3.8) is 0 Å². The zero-order valence-corrected chi connectivity index (χ0v) is 12.3. The van der Waals surface area contributed by atoms with Crippen molar-refractivity contribution in [1.29, 1.82) is 0 Å². The number of halogens is 2. The maximum atomic E-state index is 13.6. The number of carbonyl (C=O) groups is 1. The number of hydrogen-bond acceptors (Lipinski definition) is 4. The largest absolute Gasteiger partial charge is 0.385 e. The van der Waals surface area contributed by atoms with Gasteiger partial charge in [-0.3, -0.25) is 4.79 Å². The van der Waals surface area contributed by atoms with E-state index in [-0.39, 0.29) is 6.04 Å². The first-order valence-electron chi connectivity index (χ1n) is 5.98. The molecule has 21 heavy (non-hydrogen) atoms. The molecule has 0 bridgehead atoms. The summed E-state index contributed by atoms with van der Waals surface area (Å²) in [5, 5.41) is 7.26. The van der Waals surface area contributed by atoms with Gasteiger partial charge in [-0.2, -0.15) is 0 Å². The molecule has 0 heterocycles. The smallest absolute Gasteiger partial charge is 0.254 e. The number of rotatable bonds is 6. The van der Waals surface area contributed by atoms with Crippen molar-refractivity contribution in [2.24, 2.45) is 5.14 Å². The van der Waals surface area contributed by atoms with E-state index in [0.29, 0.717) is 25.2 Å². The van der Waals surface area contributed by atoms with Crippen LogP contribution in [0.15, 0.2) is 17.0 Å². The summed E-state index contributed by atoms with van der Waals surface area (Å²) in [6.07, 6.45) is 0.460. The molecule has 1 aromatic rings. The van der Waals surface area contributed by atoms with E-state index in [1.54, 1.807) is 6.92 Å². The topological polar surface area (TPSA) is 98.5 Å². The molecule has 9 heteroatoms. The third kappa shape index (κ3) is 4.73. The van der Waals surface area contributed by atoms with Crippen LogP contribution in [0.1, 0.15) is 23.7 Å². The van der Waals surface area contributed by atoms with E-state index in [4.69, 9.17) is 9.88 Å². The lowest BCUT2D eigenvalue weighted by molar-refractivity contribution is 0.0924. The van der Waals surface area contributed by atoms with Gasteiger partial charge in [0.1, 0.15) is 0 Å². The highest BCUT2D eigenvalue weighted by Crippen LogP contribution is 2.18. The molecular formula is C12H16F2N2O4S. The highest BCUT2D eigenvalue weighted by atomic mass is 32.2. The molecule has 6 nitrogen and oxygen atoms in total. The molecule has 0 radical (unpaired) electrons. The average molecular weight is 322 g/mol. The molecule has 1 atom stereocenters. The molecule has 0 aromatic heterocycles. The Hall–Kier alpha value is -1.58. The third-order valence-corrected chi connectivity index (χ3v) is 3.60. The molecule has 1 amide bonds. The Morgan fingerprint density at radius 1 is 1.43 bits per heavy atom. The minimum atomic E-state index is -4.25. The molecule has 0 aliphatic heterocycles. The Bertz CT molecular complexity index is 634. The predicted octanol–water partition coefficient (Wildman–Crippen LogP) is 0.767. The van der Waals surface area contributed by atoms with Gasteiger partial charge in [0.25, 0.3) is 5.91 Å². The Morgan fingerprint density at radius 3 is 2.57 bits per heavy atom. The summed E-state index contributed by atoms with van der Waals surface area (Å²) in [5.41, 5.74) is -0.719. The maximum Gasteiger partial charge on any atom is 0.254 e. The quantitative estimate of drug-likeness (QED) is 0.808. The van der Waals surface area contributed by atoms with E-state index in [1.165, 1.54) is 7.11 Å². The Morgan fingerprint density at radius 2 is 2.05 bits per heavy atom. The zero-order valence-electron chi connectivity index (χ0n) is 11.5. The first-order chi connectivity index (χ1) is 9.66. The number of sulfonamides is 1. The molecule has 118 valence electrons. The summed E-state index contributed by atoms with van der Waals surface area (Å²) in [5.74, 6) is -3.82. The van der Waals surface area contributed by atoms with Gasteiger partial charge < -0.3 is 10.1 Å². The summed E-state index contributed by atoms with van der Waals surface area (Å²) in [7, 11) is -2.76. The number of benzene rings is 1. The lowest BCUT2D eigenvalue weighted by atomic mass is 10.1. The van der Waals surface area contributed by atoms with Crippen molar-refractivity contribution in [2.75, 3.05) is 13.7 Å². The first kappa shape index (κ1) is 17.5. The number of carbonyl (C=O) groups excluding carboxylic acids is 1. The fourth-order valence-corrected chi connectivity index (χ4v) is 2.11. The summed E-state index contributed by atoms with van der Waals surface area (Å²) in [4.78, 5) is 11.2. The summed E-state index contributed by atoms with van der Waals surface area (Å²) >= 11 is 0. The van der Waals surface area contributed by atoms with E-state index in [9.17, 15) is 22.0 Å². The van der Waals surface area contributed by atoms with E-state index in [2.05, 4.69) is 5.32 Å². The number of hydrogen-bond donors (Lipinski definition) is 2. The Kier molecular flexibility index (Phi) is 5.76. The molecule has 0 saturated carbocycles. The van der Waals surface area contributed by atoms with Crippen molar-refractivity contribution in [2.45, 2.75) is 24.3 Å². The van der Waals surface area contributed by atoms with Gasteiger partial charge in [0.2, 0.25) is 10.0 Å². The van der Waals surface area contributed by atoms with Crippen LogP contribution >= 0.6 is 0 Å². The maximum absolute atomic E-state index is 13.6. The van der Waals surface area contributed by atoms with Crippen LogP contribution in [0.4, 0.5) is 8.78 Å². The van der Waals surface area contributed by atoms with Crippen LogP contribution in [0.5, 0.6) is 0 Å². The number of nitrogens with one attached hydrogen (secondary N) is 1. The fraction of sp³-hybridized carbons (Fsp3) is 0.417. The van der Waals surface area contributed by atoms with Gasteiger partial charge in [-0.05, 0) is 25.5 Å². The first-order valence-corrected chi connectivity index (χ1v) is 7.53. The van der Waals surface area contributed by atoms with Crippen molar-refractivity contribution in [1.82, 2.24) is 5.32 Å². The molecule has 0 spiro atoms. The molecule has 1 aromatic carbocycles. The standard InChI is InChI=1S/C12H16F2N2O4S/c1-7(3-4-20-2)16-12(17)9-5-8(21(15,18)19)6-10(13)11(9)14/h5-7H,3-4H2,1-2H3,(H,16,17)(H2,15,18,19). The molecule has 0 fully saturated rings. The Labute approximate surface area is 121 Å². The van der Waals surface area contributed by atoms with Crippen LogP contribution in [0, 0.1) is 11.6 Å². The second-order valence-electron chi connectivity index (χ2n) is 4.47. The second-order valence-corrected chi connectivity index (χ2v) is 6.03. The zero-order chi connectivity index (χ0) is 16.2. The minimum Gasteiger partial charge on any atom is -0.385 e. The predicted molar refractivity (Wildman–Crippen MR) is 71.2 cm³/mol. The van der Waals surface area contributed by atoms with Gasteiger partial charge in [0, 0.05) is 19.8 Å². The SMILES string of the molecule is COCCC(C)NC(=O)c1cc(S(N)(=O)=O)cc(F)c1F. The molecule has 0 aliphatic carbocycles. The van der Waals surface area contributed by atoms with E-state index >= 15 is 0 Å². The fourth-order valence-electron chi connectivity index (χ4n) is 1.56. The van der Waals surface area contributed by atoms with Gasteiger partial charge in [0.15, 0.2) is 11.6 Å². The number of ether oxygens (including phenoxy) is 1. The summed E-state index contributed by atoms with van der Waals surface area (Å²) in [6.45, 7) is 2.02. The number of amides is 1.